The Kier molecular flexibility index (Phi) is 2.52. The van der Waals surface area contributed by atoms with E-state index in [0.29, 0.717) is 6.61 Å². The molecule has 1 aromatic heterocycles. The van der Waals surface area contributed by atoms with Gasteiger partial charge in [0, 0.05) is 18.8 Å². The topological polar surface area (TPSA) is 40.2 Å². The molecule has 0 saturated heterocycles. The maximum atomic E-state index is 4.99. The summed E-state index contributed by atoms with van der Waals surface area (Å²) in [6.07, 6.45) is 2.93. The Morgan fingerprint density at radius 3 is 3.00 bits per heavy atom. The zero-order valence-electron chi connectivity index (χ0n) is 8.23. The van der Waals surface area contributed by atoms with Crippen LogP contribution in [0.25, 0.3) is 10.9 Å². The van der Waals surface area contributed by atoms with Crippen molar-refractivity contribution in [2.75, 3.05) is 6.61 Å². The molecule has 0 bridgehead atoms. The van der Waals surface area contributed by atoms with Crippen molar-refractivity contribution in [1.29, 1.82) is 0 Å². The second-order valence-electron chi connectivity index (χ2n) is 3.44. The Hall–Kier alpha value is -1.32. The van der Waals surface area contributed by atoms with Gasteiger partial charge >= 0.3 is 0 Å². The first-order valence-electron chi connectivity index (χ1n) is 4.67. The van der Waals surface area contributed by atoms with Crippen LogP contribution in [0.5, 0.6) is 0 Å². The first-order valence-corrected chi connectivity index (χ1v) is 4.67. The molecule has 0 atom stereocenters. The lowest BCUT2D eigenvalue weighted by atomic mass is 10.1. The van der Waals surface area contributed by atoms with E-state index in [1.54, 1.807) is 0 Å². The predicted molar refractivity (Wildman–Crippen MR) is 56.8 cm³/mol. The molecule has 1 heterocycles. The van der Waals surface area contributed by atoms with Crippen LogP contribution in [-0.4, -0.2) is 11.2 Å². The highest BCUT2D eigenvalue weighted by Gasteiger charge is 1.99. The van der Waals surface area contributed by atoms with Crippen molar-refractivity contribution in [3.63, 3.8) is 0 Å². The van der Waals surface area contributed by atoms with Crippen LogP contribution in [0.15, 0.2) is 30.5 Å². The van der Waals surface area contributed by atoms with Gasteiger partial charge in [0.15, 0.2) is 0 Å². The second kappa shape index (κ2) is 3.82. The van der Waals surface area contributed by atoms with Gasteiger partial charge < -0.3 is 9.40 Å². The molecule has 74 valence electrons. The largest absolute Gasteiger partial charge is 0.351 e. The van der Waals surface area contributed by atoms with E-state index < -0.39 is 0 Å². The summed E-state index contributed by atoms with van der Waals surface area (Å²) >= 11 is 0. The Morgan fingerprint density at radius 2 is 2.21 bits per heavy atom. The summed E-state index contributed by atoms with van der Waals surface area (Å²) in [5.74, 6) is 4.99. The maximum absolute atomic E-state index is 4.99. The van der Waals surface area contributed by atoms with E-state index in [4.69, 9.17) is 5.90 Å². The molecular formula is C11H14N2O. The van der Waals surface area contributed by atoms with Crippen molar-refractivity contribution in [1.82, 2.24) is 4.57 Å². The van der Waals surface area contributed by atoms with Gasteiger partial charge in [-0.25, -0.2) is 5.90 Å². The lowest BCUT2D eigenvalue weighted by Crippen LogP contribution is -2.03. The molecule has 0 aliphatic carbocycles. The smallest absolute Gasteiger partial charge is 0.0719 e. The van der Waals surface area contributed by atoms with Crippen molar-refractivity contribution < 1.29 is 4.84 Å². The highest BCUT2D eigenvalue weighted by molar-refractivity contribution is 5.80. The van der Waals surface area contributed by atoms with Gasteiger partial charge in [-0.1, -0.05) is 6.07 Å². The quantitative estimate of drug-likeness (QED) is 0.747. The van der Waals surface area contributed by atoms with Gasteiger partial charge in [0.25, 0.3) is 0 Å². The number of benzene rings is 1. The molecule has 14 heavy (non-hydrogen) atoms. The van der Waals surface area contributed by atoms with Crippen molar-refractivity contribution in [3.05, 3.63) is 36.0 Å². The molecule has 2 N–H and O–H groups in total. The Morgan fingerprint density at radius 1 is 1.36 bits per heavy atom. The molecule has 2 aromatic rings. The summed E-state index contributed by atoms with van der Waals surface area (Å²) in [6, 6.07) is 8.53. The average Bonchev–Trinajstić information content (AvgIpc) is 2.57. The van der Waals surface area contributed by atoms with Crippen molar-refractivity contribution in [2.24, 2.45) is 12.9 Å². The van der Waals surface area contributed by atoms with E-state index in [1.807, 2.05) is 7.05 Å². The summed E-state index contributed by atoms with van der Waals surface area (Å²) < 4.78 is 2.11. The minimum Gasteiger partial charge on any atom is -0.351 e. The van der Waals surface area contributed by atoms with Crippen molar-refractivity contribution in [3.8, 4) is 0 Å². The fourth-order valence-electron chi connectivity index (χ4n) is 1.66. The number of nitrogens with zero attached hydrogens (tertiary/aromatic N) is 1. The van der Waals surface area contributed by atoms with Crippen LogP contribution in [0, 0.1) is 0 Å². The molecule has 0 saturated carbocycles. The normalized spacial score (nSPS) is 11.0. The Bertz CT molecular complexity index is 434. The van der Waals surface area contributed by atoms with E-state index >= 15 is 0 Å². The molecular weight excluding hydrogens is 176 g/mol. The number of fused-ring (bicyclic) bond motifs is 1. The van der Waals surface area contributed by atoms with E-state index in [0.717, 1.165) is 6.42 Å². The number of hydrogen-bond acceptors (Lipinski definition) is 2. The van der Waals surface area contributed by atoms with E-state index in [-0.39, 0.29) is 0 Å². The molecule has 0 fully saturated rings. The fraction of sp³-hybridized carbons (Fsp3) is 0.273. The zero-order chi connectivity index (χ0) is 9.97. The lowest BCUT2D eigenvalue weighted by molar-refractivity contribution is 0.141. The SMILES string of the molecule is Cn1ccc2cc(CCON)ccc21. The van der Waals surface area contributed by atoms with Crippen LogP contribution in [0.1, 0.15) is 5.56 Å². The Labute approximate surface area is 83.0 Å². The summed E-state index contributed by atoms with van der Waals surface area (Å²) in [4.78, 5) is 4.56. The molecule has 0 aliphatic rings. The average molecular weight is 190 g/mol. The van der Waals surface area contributed by atoms with E-state index in [1.165, 1.54) is 16.5 Å². The number of aryl methyl sites for hydroxylation is 1. The van der Waals surface area contributed by atoms with Gasteiger partial charge in [-0.2, -0.15) is 0 Å². The molecule has 3 nitrogen and oxygen atoms in total. The summed E-state index contributed by atoms with van der Waals surface area (Å²) in [6.45, 7) is 0.568. The summed E-state index contributed by atoms with van der Waals surface area (Å²) in [5, 5.41) is 1.27. The zero-order valence-corrected chi connectivity index (χ0v) is 8.23. The van der Waals surface area contributed by atoms with Gasteiger partial charge in [-0.05, 0) is 35.6 Å². The van der Waals surface area contributed by atoms with Crippen LogP contribution in [0.2, 0.25) is 0 Å². The molecule has 3 heteroatoms. The van der Waals surface area contributed by atoms with Gasteiger partial charge in [0.05, 0.1) is 6.61 Å². The highest BCUT2D eigenvalue weighted by atomic mass is 16.6. The van der Waals surface area contributed by atoms with Crippen LogP contribution in [-0.2, 0) is 18.3 Å². The Balaban J connectivity index is 2.32. The first-order chi connectivity index (χ1) is 6.81. The predicted octanol–water partition coefficient (Wildman–Crippen LogP) is 1.61. The monoisotopic (exact) mass is 190 g/mol. The minimum absolute atomic E-state index is 0.568. The molecule has 2 rings (SSSR count). The third-order valence-corrected chi connectivity index (χ3v) is 2.46. The third-order valence-electron chi connectivity index (χ3n) is 2.46. The molecule has 0 radical (unpaired) electrons. The maximum Gasteiger partial charge on any atom is 0.0719 e. The number of nitrogens with two attached hydrogens (primary N) is 1. The van der Waals surface area contributed by atoms with Gasteiger partial charge in [-0.3, -0.25) is 0 Å². The highest BCUT2D eigenvalue weighted by Crippen LogP contribution is 2.16. The standard InChI is InChI=1S/C11H14N2O/c1-13-6-4-10-8-9(5-7-14-12)2-3-11(10)13/h2-4,6,8H,5,7,12H2,1H3. The number of aromatic nitrogens is 1. The molecule has 0 amide bonds. The molecule has 1 aromatic carbocycles. The van der Waals surface area contributed by atoms with Gasteiger partial charge in [0.1, 0.15) is 0 Å². The summed E-state index contributed by atoms with van der Waals surface area (Å²) in [5.41, 5.74) is 2.51. The second-order valence-corrected chi connectivity index (χ2v) is 3.44. The molecule has 0 spiro atoms. The van der Waals surface area contributed by atoms with Crippen LogP contribution < -0.4 is 5.90 Å². The van der Waals surface area contributed by atoms with Crippen molar-refractivity contribution >= 4 is 10.9 Å². The third kappa shape index (κ3) is 1.64. The van der Waals surface area contributed by atoms with Gasteiger partial charge in [0.2, 0.25) is 0 Å². The summed E-state index contributed by atoms with van der Waals surface area (Å²) in [7, 11) is 2.05. The van der Waals surface area contributed by atoms with Crippen LogP contribution in [0.4, 0.5) is 0 Å². The lowest BCUT2D eigenvalue weighted by Gasteiger charge is -2.01. The molecule has 0 unspecified atom stereocenters. The van der Waals surface area contributed by atoms with Gasteiger partial charge in [-0.15, -0.1) is 0 Å². The van der Waals surface area contributed by atoms with E-state index in [9.17, 15) is 0 Å². The fourth-order valence-corrected chi connectivity index (χ4v) is 1.66. The minimum atomic E-state index is 0.568. The van der Waals surface area contributed by atoms with Crippen LogP contribution >= 0.6 is 0 Å². The van der Waals surface area contributed by atoms with Crippen molar-refractivity contribution in [2.45, 2.75) is 6.42 Å². The van der Waals surface area contributed by atoms with Crippen LogP contribution in [0.3, 0.4) is 0 Å². The number of hydrogen-bond donors (Lipinski definition) is 1. The first kappa shape index (κ1) is 9.24. The molecule has 0 aliphatic heterocycles. The van der Waals surface area contributed by atoms with E-state index in [2.05, 4.69) is 39.9 Å². The number of rotatable bonds is 3.